The summed E-state index contributed by atoms with van der Waals surface area (Å²) in [6.45, 7) is 0. The number of methoxy groups -OCH3 is 1. The Labute approximate surface area is 157 Å². The minimum Gasteiger partial charge on any atom is -0.497 e. The van der Waals surface area contributed by atoms with Gasteiger partial charge < -0.3 is 14.7 Å². The third-order valence-corrected chi connectivity index (χ3v) is 5.12. The van der Waals surface area contributed by atoms with Crippen LogP contribution in [0.1, 0.15) is 28.8 Å². The van der Waals surface area contributed by atoms with E-state index in [4.69, 9.17) is 16.3 Å². The molecule has 0 spiro atoms. The summed E-state index contributed by atoms with van der Waals surface area (Å²) in [4.78, 5) is 26.3. The van der Waals surface area contributed by atoms with E-state index in [1.165, 1.54) is 12.0 Å². The molecule has 1 saturated heterocycles. The van der Waals surface area contributed by atoms with Crippen LogP contribution < -0.4 is 4.74 Å². The first-order valence-electron chi connectivity index (χ1n) is 8.44. The fraction of sp³-hybridized carbons (Fsp3) is 0.300. The Kier molecular flexibility index (Phi) is 5.47. The number of carboxylic acid groups (broad SMARTS) is 1. The largest absolute Gasteiger partial charge is 0.497 e. The zero-order valence-corrected chi connectivity index (χ0v) is 15.1. The maximum atomic E-state index is 13.1. The number of carboxylic acids is 1. The normalized spacial score (nSPS) is 19.4. The number of carbonyl (C=O) groups is 2. The Balaban J connectivity index is 1.91. The van der Waals surface area contributed by atoms with Crippen molar-refractivity contribution < 1.29 is 19.4 Å². The fourth-order valence-corrected chi connectivity index (χ4v) is 3.67. The van der Waals surface area contributed by atoms with Gasteiger partial charge in [-0.1, -0.05) is 35.9 Å². The molecule has 2 atom stereocenters. The van der Waals surface area contributed by atoms with Crippen molar-refractivity contribution in [3.63, 3.8) is 0 Å². The SMILES string of the molecule is COc1cccc(C(=O)N2C(Cc3ccccc3Cl)CC[C@H]2C(=O)O)c1. The molecule has 1 aliphatic heterocycles. The van der Waals surface area contributed by atoms with Crippen LogP contribution >= 0.6 is 11.6 Å². The number of hydrogen-bond donors (Lipinski definition) is 1. The van der Waals surface area contributed by atoms with Crippen molar-refractivity contribution in [1.82, 2.24) is 4.90 Å². The Hall–Kier alpha value is -2.53. The molecule has 2 aromatic rings. The number of hydrogen-bond acceptors (Lipinski definition) is 3. The summed E-state index contributed by atoms with van der Waals surface area (Å²) < 4.78 is 5.18. The summed E-state index contributed by atoms with van der Waals surface area (Å²) in [6, 6.07) is 13.2. The topological polar surface area (TPSA) is 66.8 Å². The van der Waals surface area contributed by atoms with Gasteiger partial charge in [0.1, 0.15) is 11.8 Å². The number of amides is 1. The van der Waals surface area contributed by atoms with Crippen molar-refractivity contribution in [2.24, 2.45) is 0 Å². The van der Waals surface area contributed by atoms with Crippen molar-refractivity contribution in [2.75, 3.05) is 7.11 Å². The van der Waals surface area contributed by atoms with Crippen LogP contribution in [0.2, 0.25) is 5.02 Å². The van der Waals surface area contributed by atoms with Crippen molar-refractivity contribution in [2.45, 2.75) is 31.3 Å². The molecule has 0 saturated carbocycles. The summed E-state index contributed by atoms with van der Waals surface area (Å²) in [5.74, 6) is -0.724. The van der Waals surface area contributed by atoms with Crippen molar-refractivity contribution in [1.29, 1.82) is 0 Å². The van der Waals surface area contributed by atoms with Gasteiger partial charge in [-0.2, -0.15) is 0 Å². The molecule has 2 aromatic carbocycles. The van der Waals surface area contributed by atoms with Crippen LogP contribution in [-0.4, -0.2) is 41.1 Å². The van der Waals surface area contributed by atoms with E-state index < -0.39 is 12.0 Å². The second kappa shape index (κ2) is 7.79. The van der Waals surface area contributed by atoms with Crippen LogP contribution in [0.4, 0.5) is 0 Å². The van der Waals surface area contributed by atoms with E-state index in [-0.39, 0.29) is 11.9 Å². The molecule has 0 radical (unpaired) electrons. The monoisotopic (exact) mass is 373 g/mol. The number of aliphatic carboxylic acids is 1. The Morgan fingerprint density at radius 2 is 1.96 bits per heavy atom. The van der Waals surface area contributed by atoms with Gasteiger partial charge >= 0.3 is 5.97 Å². The lowest BCUT2D eigenvalue weighted by Crippen LogP contribution is -2.45. The first kappa shape index (κ1) is 18.3. The lowest BCUT2D eigenvalue weighted by Gasteiger charge is -2.29. The van der Waals surface area contributed by atoms with E-state index in [0.29, 0.717) is 35.6 Å². The summed E-state index contributed by atoms with van der Waals surface area (Å²) in [7, 11) is 1.53. The third kappa shape index (κ3) is 3.68. The smallest absolute Gasteiger partial charge is 0.326 e. The zero-order valence-electron chi connectivity index (χ0n) is 14.4. The molecular weight excluding hydrogens is 354 g/mol. The van der Waals surface area contributed by atoms with E-state index in [1.54, 1.807) is 30.3 Å². The number of carbonyl (C=O) groups excluding carboxylic acids is 1. The van der Waals surface area contributed by atoms with Crippen LogP contribution in [0.25, 0.3) is 0 Å². The first-order chi connectivity index (χ1) is 12.5. The number of benzene rings is 2. The first-order valence-corrected chi connectivity index (χ1v) is 8.82. The molecule has 5 nitrogen and oxygen atoms in total. The molecule has 6 heteroatoms. The fourth-order valence-electron chi connectivity index (χ4n) is 3.46. The molecule has 1 fully saturated rings. The second-order valence-electron chi connectivity index (χ2n) is 6.33. The molecule has 1 unspecified atom stereocenters. The minimum atomic E-state index is -0.983. The van der Waals surface area contributed by atoms with E-state index in [0.717, 1.165) is 5.56 Å². The van der Waals surface area contributed by atoms with E-state index in [2.05, 4.69) is 0 Å². The summed E-state index contributed by atoms with van der Waals surface area (Å²) in [5.41, 5.74) is 1.33. The highest BCUT2D eigenvalue weighted by Gasteiger charge is 2.41. The van der Waals surface area contributed by atoms with Crippen molar-refractivity contribution in [3.05, 3.63) is 64.7 Å². The van der Waals surface area contributed by atoms with Crippen LogP contribution in [0.15, 0.2) is 48.5 Å². The maximum Gasteiger partial charge on any atom is 0.326 e. The van der Waals surface area contributed by atoms with Gasteiger partial charge in [0.05, 0.1) is 7.11 Å². The van der Waals surface area contributed by atoms with Gasteiger partial charge in [0, 0.05) is 16.6 Å². The number of halogens is 1. The maximum absolute atomic E-state index is 13.1. The second-order valence-corrected chi connectivity index (χ2v) is 6.73. The van der Waals surface area contributed by atoms with Gasteiger partial charge in [-0.15, -0.1) is 0 Å². The molecule has 1 N–H and O–H groups in total. The molecule has 3 rings (SSSR count). The van der Waals surface area contributed by atoms with Gasteiger partial charge in [0.2, 0.25) is 0 Å². The molecule has 0 bridgehead atoms. The Bertz CT molecular complexity index is 823. The molecular formula is C20H20ClNO4. The van der Waals surface area contributed by atoms with Gasteiger partial charge in [-0.3, -0.25) is 4.79 Å². The molecule has 0 aliphatic carbocycles. The van der Waals surface area contributed by atoms with Gasteiger partial charge in [-0.25, -0.2) is 4.79 Å². The van der Waals surface area contributed by atoms with Gasteiger partial charge in [-0.05, 0) is 49.1 Å². The number of nitrogens with zero attached hydrogens (tertiary/aromatic N) is 1. The molecule has 0 aromatic heterocycles. The predicted molar refractivity (Wildman–Crippen MR) is 98.8 cm³/mol. The quantitative estimate of drug-likeness (QED) is 0.868. The van der Waals surface area contributed by atoms with Crippen LogP contribution in [0.3, 0.4) is 0 Å². The van der Waals surface area contributed by atoms with Crippen LogP contribution in [0.5, 0.6) is 5.75 Å². The highest BCUT2D eigenvalue weighted by molar-refractivity contribution is 6.31. The van der Waals surface area contributed by atoms with E-state index >= 15 is 0 Å². The van der Waals surface area contributed by atoms with Gasteiger partial charge in [0.15, 0.2) is 0 Å². The van der Waals surface area contributed by atoms with Gasteiger partial charge in [0.25, 0.3) is 5.91 Å². The molecule has 1 aliphatic rings. The Morgan fingerprint density at radius 3 is 2.65 bits per heavy atom. The van der Waals surface area contributed by atoms with E-state index in [1.807, 2.05) is 18.2 Å². The Morgan fingerprint density at radius 1 is 1.19 bits per heavy atom. The molecule has 136 valence electrons. The number of likely N-dealkylation sites (tertiary alicyclic amines) is 1. The number of ether oxygens (including phenoxy) is 1. The average Bonchev–Trinajstić information content (AvgIpc) is 3.07. The predicted octanol–water partition coefficient (Wildman–Crippen LogP) is 3.65. The highest BCUT2D eigenvalue weighted by Crippen LogP contribution is 2.31. The lowest BCUT2D eigenvalue weighted by molar-refractivity contribution is -0.141. The molecule has 1 amide bonds. The third-order valence-electron chi connectivity index (χ3n) is 4.75. The van der Waals surface area contributed by atoms with E-state index in [9.17, 15) is 14.7 Å². The highest BCUT2D eigenvalue weighted by atomic mass is 35.5. The van der Waals surface area contributed by atoms with Crippen LogP contribution in [0, 0.1) is 0 Å². The number of rotatable bonds is 5. The summed E-state index contributed by atoms with van der Waals surface area (Å²) in [6.07, 6.45) is 1.58. The van der Waals surface area contributed by atoms with Crippen LogP contribution in [-0.2, 0) is 11.2 Å². The average molecular weight is 374 g/mol. The molecule has 26 heavy (non-hydrogen) atoms. The summed E-state index contributed by atoms with van der Waals surface area (Å²) in [5, 5.41) is 10.2. The summed E-state index contributed by atoms with van der Waals surface area (Å²) >= 11 is 6.25. The zero-order chi connectivity index (χ0) is 18.7. The lowest BCUT2D eigenvalue weighted by atomic mass is 10.0. The molecule has 1 heterocycles. The standard InChI is InChI=1S/C20H20ClNO4/c1-26-16-7-4-6-14(12-16)19(23)22-15(9-10-18(22)20(24)25)11-13-5-2-3-8-17(13)21/h2-8,12,15,18H,9-11H2,1H3,(H,24,25)/t15?,18-/m0/s1. The minimum absolute atomic E-state index is 0.213. The van der Waals surface area contributed by atoms with Crippen molar-refractivity contribution in [3.8, 4) is 5.75 Å². The van der Waals surface area contributed by atoms with Crippen molar-refractivity contribution >= 4 is 23.5 Å².